The number of alkyl halides is 3. The molecule has 0 saturated carbocycles. The van der Waals surface area contributed by atoms with E-state index in [4.69, 9.17) is 0 Å². The van der Waals surface area contributed by atoms with Gasteiger partial charge >= 0.3 is 6.18 Å². The molecule has 0 heterocycles. The highest BCUT2D eigenvalue weighted by Gasteiger charge is 2.30. The second kappa shape index (κ2) is 6.77. The molecule has 0 saturated heterocycles. The summed E-state index contributed by atoms with van der Waals surface area (Å²) in [5.41, 5.74) is 6.72. The van der Waals surface area contributed by atoms with Crippen molar-refractivity contribution in [1.29, 1.82) is 0 Å². The van der Waals surface area contributed by atoms with Crippen LogP contribution in [0.3, 0.4) is 0 Å². The molecule has 0 aromatic heterocycles. The van der Waals surface area contributed by atoms with E-state index in [0.29, 0.717) is 11.1 Å². The lowest BCUT2D eigenvalue weighted by atomic mass is 9.92. The summed E-state index contributed by atoms with van der Waals surface area (Å²) in [7, 11) is 0. The predicted molar refractivity (Wildman–Crippen MR) is 112 cm³/mol. The van der Waals surface area contributed by atoms with Gasteiger partial charge < -0.3 is 5.11 Å². The maximum Gasteiger partial charge on any atom is 0.416 e. The third-order valence-corrected chi connectivity index (χ3v) is 5.66. The van der Waals surface area contributed by atoms with E-state index in [9.17, 15) is 18.3 Å². The van der Waals surface area contributed by atoms with Crippen molar-refractivity contribution in [3.8, 4) is 39.1 Å². The largest absolute Gasteiger partial charge is 0.507 e. The smallest absolute Gasteiger partial charge is 0.416 e. The monoisotopic (exact) mass is 402 g/mol. The molecule has 4 heteroatoms. The molecule has 0 fully saturated rings. The first-order valence-electron chi connectivity index (χ1n) is 9.63. The van der Waals surface area contributed by atoms with Crippen molar-refractivity contribution in [1.82, 2.24) is 0 Å². The lowest BCUT2D eigenvalue weighted by molar-refractivity contribution is -0.137. The van der Waals surface area contributed by atoms with E-state index < -0.39 is 11.7 Å². The molecule has 30 heavy (non-hydrogen) atoms. The van der Waals surface area contributed by atoms with Crippen LogP contribution in [0.2, 0.25) is 0 Å². The van der Waals surface area contributed by atoms with E-state index in [1.807, 2.05) is 30.3 Å². The molecule has 1 aliphatic rings. The Hall–Kier alpha value is -3.53. The van der Waals surface area contributed by atoms with Gasteiger partial charge in [-0.3, -0.25) is 0 Å². The first-order valence-corrected chi connectivity index (χ1v) is 9.63. The summed E-state index contributed by atoms with van der Waals surface area (Å²) in [5, 5.41) is 10.4. The molecule has 0 unspecified atom stereocenters. The Morgan fingerprint density at radius 3 is 2.17 bits per heavy atom. The van der Waals surface area contributed by atoms with Gasteiger partial charge in [-0.1, -0.05) is 60.7 Å². The molecule has 0 amide bonds. The van der Waals surface area contributed by atoms with Crippen LogP contribution < -0.4 is 0 Å². The zero-order valence-corrected chi connectivity index (χ0v) is 15.9. The summed E-state index contributed by atoms with van der Waals surface area (Å²) < 4.78 is 39.4. The van der Waals surface area contributed by atoms with Crippen molar-refractivity contribution in [3.05, 3.63) is 102 Å². The number of hydrogen-bond donors (Lipinski definition) is 1. The van der Waals surface area contributed by atoms with Crippen LogP contribution >= 0.6 is 0 Å². The maximum absolute atomic E-state index is 13.1. The Kier molecular flexibility index (Phi) is 4.17. The van der Waals surface area contributed by atoms with E-state index in [2.05, 4.69) is 18.2 Å². The van der Waals surface area contributed by atoms with E-state index in [-0.39, 0.29) is 5.75 Å². The van der Waals surface area contributed by atoms with Gasteiger partial charge in [0.1, 0.15) is 5.75 Å². The fraction of sp³-hybridized carbons (Fsp3) is 0.0769. The highest BCUT2D eigenvalue weighted by Crippen LogP contribution is 2.43. The first-order chi connectivity index (χ1) is 14.4. The average molecular weight is 402 g/mol. The van der Waals surface area contributed by atoms with E-state index in [1.165, 1.54) is 28.3 Å². The van der Waals surface area contributed by atoms with Gasteiger partial charge in [0, 0.05) is 5.56 Å². The lowest BCUT2D eigenvalue weighted by Gasteiger charge is -2.13. The van der Waals surface area contributed by atoms with Crippen molar-refractivity contribution in [2.75, 3.05) is 0 Å². The van der Waals surface area contributed by atoms with Gasteiger partial charge in [-0.15, -0.1) is 0 Å². The summed E-state index contributed by atoms with van der Waals surface area (Å²) in [4.78, 5) is 0. The molecule has 0 spiro atoms. The minimum absolute atomic E-state index is 0.0473. The summed E-state index contributed by atoms with van der Waals surface area (Å²) in [6.45, 7) is 0. The summed E-state index contributed by atoms with van der Waals surface area (Å²) in [6.07, 6.45) is -3.63. The fourth-order valence-electron chi connectivity index (χ4n) is 4.23. The highest BCUT2D eigenvalue weighted by atomic mass is 19.4. The molecule has 4 aromatic carbocycles. The summed E-state index contributed by atoms with van der Waals surface area (Å²) >= 11 is 0. The average Bonchev–Trinajstić information content (AvgIpc) is 3.12. The van der Waals surface area contributed by atoms with Crippen molar-refractivity contribution in [3.63, 3.8) is 0 Å². The van der Waals surface area contributed by atoms with Crippen molar-refractivity contribution in [2.45, 2.75) is 12.6 Å². The molecule has 1 nitrogen and oxygen atoms in total. The molecule has 0 radical (unpaired) electrons. The molecule has 0 bridgehead atoms. The first kappa shape index (κ1) is 18.5. The van der Waals surface area contributed by atoms with Gasteiger partial charge in [0.2, 0.25) is 0 Å². The molecule has 0 aliphatic heterocycles. The Bertz CT molecular complexity index is 1270. The van der Waals surface area contributed by atoms with Crippen LogP contribution in [0.1, 0.15) is 16.7 Å². The molecular formula is C26H17F3O. The van der Waals surface area contributed by atoms with Crippen molar-refractivity contribution < 1.29 is 18.3 Å². The second-order valence-electron chi connectivity index (χ2n) is 7.48. The van der Waals surface area contributed by atoms with Gasteiger partial charge in [0.15, 0.2) is 0 Å². The number of phenols is 1. The molecule has 148 valence electrons. The van der Waals surface area contributed by atoms with Crippen LogP contribution in [0.25, 0.3) is 33.4 Å². The fourth-order valence-corrected chi connectivity index (χ4v) is 4.23. The quantitative estimate of drug-likeness (QED) is 0.328. The summed E-state index contributed by atoms with van der Waals surface area (Å²) in [6, 6.07) is 24.6. The molecule has 5 rings (SSSR count). The molecule has 1 aliphatic carbocycles. The number of hydrogen-bond acceptors (Lipinski definition) is 1. The highest BCUT2D eigenvalue weighted by molar-refractivity contribution is 5.86. The lowest BCUT2D eigenvalue weighted by Crippen LogP contribution is -2.04. The van der Waals surface area contributed by atoms with Crippen molar-refractivity contribution >= 4 is 0 Å². The van der Waals surface area contributed by atoms with Crippen LogP contribution in [0.15, 0.2) is 84.9 Å². The summed E-state index contributed by atoms with van der Waals surface area (Å²) in [5.74, 6) is -0.0473. The van der Waals surface area contributed by atoms with E-state index in [0.717, 1.165) is 29.7 Å². The zero-order chi connectivity index (χ0) is 20.9. The van der Waals surface area contributed by atoms with Crippen LogP contribution in [0.4, 0.5) is 13.2 Å². The molecular weight excluding hydrogens is 385 g/mol. The van der Waals surface area contributed by atoms with Gasteiger partial charge in [0.05, 0.1) is 5.56 Å². The minimum Gasteiger partial charge on any atom is -0.507 e. The molecule has 0 atom stereocenters. The number of aromatic hydroxyl groups is 1. The third-order valence-electron chi connectivity index (χ3n) is 5.66. The Morgan fingerprint density at radius 1 is 0.633 bits per heavy atom. The van der Waals surface area contributed by atoms with Crippen LogP contribution in [-0.4, -0.2) is 5.11 Å². The second-order valence-corrected chi connectivity index (χ2v) is 7.48. The SMILES string of the molecule is Oc1ccc(-c2cccc3c2Cc2ccccc2-3)cc1-c1cccc(C(F)(F)F)c1. The van der Waals surface area contributed by atoms with Crippen molar-refractivity contribution in [2.24, 2.45) is 0 Å². The third kappa shape index (κ3) is 3.05. The van der Waals surface area contributed by atoms with Gasteiger partial charge in [0.25, 0.3) is 0 Å². The predicted octanol–water partition coefficient (Wildman–Crippen LogP) is 7.32. The topological polar surface area (TPSA) is 20.2 Å². The van der Waals surface area contributed by atoms with Gasteiger partial charge in [-0.2, -0.15) is 13.2 Å². The normalized spacial score (nSPS) is 12.5. The van der Waals surface area contributed by atoms with Crippen LogP contribution in [-0.2, 0) is 12.6 Å². The standard InChI is InChI=1S/C26H17F3O/c27-26(28,29)19-7-3-6-16(13-19)23-14-18(11-12-25(23)30)21-9-4-10-22-20-8-2-1-5-17(20)15-24(21)22/h1-14,30H,15H2. The Morgan fingerprint density at radius 2 is 1.33 bits per heavy atom. The van der Waals surface area contributed by atoms with E-state index in [1.54, 1.807) is 18.2 Å². The van der Waals surface area contributed by atoms with Gasteiger partial charge in [-0.05, 0) is 69.6 Å². The van der Waals surface area contributed by atoms with Crippen LogP contribution in [0.5, 0.6) is 5.75 Å². The van der Waals surface area contributed by atoms with Crippen LogP contribution in [0, 0.1) is 0 Å². The number of halogens is 3. The Labute approximate surface area is 172 Å². The number of benzene rings is 4. The van der Waals surface area contributed by atoms with E-state index >= 15 is 0 Å². The molecule has 4 aromatic rings. The van der Waals surface area contributed by atoms with Gasteiger partial charge in [-0.25, -0.2) is 0 Å². The zero-order valence-electron chi connectivity index (χ0n) is 15.9. The molecule has 1 N–H and O–H groups in total. The Balaban J connectivity index is 1.63. The minimum atomic E-state index is -4.44. The maximum atomic E-state index is 13.1. The number of rotatable bonds is 2. The number of fused-ring (bicyclic) bond motifs is 3. The number of phenolic OH excluding ortho intramolecular Hbond substituents is 1.